The molecule has 9 heteroatoms. The Morgan fingerprint density at radius 3 is 2.50 bits per heavy atom. The lowest BCUT2D eigenvalue weighted by molar-refractivity contribution is -0.134. The second-order valence-corrected chi connectivity index (χ2v) is 8.52. The maximum absolute atomic E-state index is 12.4. The number of carboxylic acid groups (broad SMARTS) is 1. The van der Waals surface area contributed by atoms with Gasteiger partial charge in [0.15, 0.2) is 0 Å². The van der Waals surface area contributed by atoms with Crippen molar-refractivity contribution < 1.29 is 24.2 Å². The van der Waals surface area contributed by atoms with Crippen molar-refractivity contribution in [1.82, 2.24) is 10.2 Å². The van der Waals surface area contributed by atoms with Gasteiger partial charge < -0.3 is 25.8 Å². The summed E-state index contributed by atoms with van der Waals surface area (Å²) in [4.78, 5) is 35.3. The van der Waals surface area contributed by atoms with Crippen molar-refractivity contribution in [3.8, 4) is 5.75 Å². The Labute approximate surface area is 182 Å². The van der Waals surface area contributed by atoms with Crippen molar-refractivity contribution in [3.63, 3.8) is 0 Å². The van der Waals surface area contributed by atoms with Gasteiger partial charge in [-0.2, -0.15) is 0 Å². The Bertz CT molecular complexity index is 745. The van der Waals surface area contributed by atoms with Gasteiger partial charge in [-0.05, 0) is 51.9 Å². The number of carboxylic acids is 1. The number of rotatable bonds is 7. The first kappa shape index (κ1) is 25.7. The Morgan fingerprint density at radius 2 is 2.00 bits per heavy atom. The minimum Gasteiger partial charge on any atom is -0.492 e. The summed E-state index contributed by atoms with van der Waals surface area (Å²) >= 11 is 6.18. The van der Waals surface area contributed by atoms with Crippen LogP contribution >= 0.6 is 11.6 Å². The van der Waals surface area contributed by atoms with Gasteiger partial charge in [-0.1, -0.05) is 11.6 Å². The molecule has 0 aromatic heterocycles. The van der Waals surface area contributed by atoms with Crippen LogP contribution in [0, 0.1) is 5.92 Å². The van der Waals surface area contributed by atoms with E-state index in [-0.39, 0.29) is 23.3 Å². The van der Waals surface area contributed by atoms with E-state index in [1.165, 1.54) is 0 Å². The summed E-state index contributed by atoms with van der Waals surface area (Å²) in [5, 5.41) is 10.7. The van der Waals surface area contributed by atoms with Crippen LogP contribution in [0.2, 0.25) is 5.02 Å². The number of benzene rings is 1. The first-order valence-electron chi connectivity index (χ1n) is 9.86. The van der Waals surface area contributed by atoms with E-state index < -0.39 is 5.97 Å². The van der Waals surface area contributed by atoms with Crippen LogP contribution in [0.25, 0.3) is 0 Å². The van der Waals surface area contributed by atoms with Gasteiger partial charge in [-0.15, -0.1) is 0 Å². The zero-order valence-electron chi connectivity index (χ0n) is 18.0. The van der Waals surface area contributed by atoms with Crippen molar-refractivity contribution >= 4 is 29.4 Å². The summed E-state index contributed by atoms with van der Waals surface area (Å²) < 4.78 is 5.52. The molecule has 1 heterocycles. The molecule has 4 N–H and O–H groups in total. The first-order valence-corrected chi connectivity index (χ1v) is 10.2. The number of hydrogen-bond donors (Lipinski definition) is 3. The number of nitrogens with two attached hydrogens (primary N) is 1. The van der Waals surface area contributed by atoms with Crippen LogP contribution in [-0.4, -0.2) is 59.6 Å². The van der Waals surface area contributed by atoms with Crippen molar-refractivity contribution in [3.05, 3.63) is 28.8 Å². The molecule has 1 aromatic rings. The second kappa shape index (κ2) is 11.8. The highest BCUT2D eigenvalue weighted by molar-refractivity contribution is 6.32. The van der Waals surface area contributed by atoms with Crippen molar-refractivity contribution in [1.29, 1.82) is 0 Å². The molecule has 1 aliphatic heterocycles. The Kier molecular flexibility index (Phi) is 10.1. The van der Waals surface area contributed by atoms with Crippen LogP contribution in [0.3, 0.4) is 0 Å². The standard InChI is InChI=1S/C19H28ClN3O3.C2H4O2/c1-19(2,3)23-12-13(9-17(23)24)11-22-18(25)14-5-6-16(15(20)10-14)26-8-4-7-21;1-2(3)4/h5-6,10,13H,4,7-9,11-12,21H2,1-3H3,(H,22,25);1H3,(H,3,4). The van der Waals surface area contributed by atoms with Crippen LogP contribution in [-0.2, 0) is 9.59 Å². The molecule has 0 saturated carbocycles. The van der Waals surface area contributed by atoms with Gasteiger partial charge in [0.05, 0.1) is 11.6 Å². The number of ether oxygens (including phenoxy) is 1. The number of aliphatic carboxylic acids is 1. The van der Waals surface area contributed by atoms with E-state index in [0.29, 0.717) is 49.0 Å². The Balaban J connectivity index is 0.00000103. The first-order chi connectivity index (χ1) is 14.0. The summed E-state index contributed by atoms with van der Waals surface area (Å²) in [5.74, 6) is -0.236. The van der Waals surface area contributed by atoms with Crippen LogP contribution in [0.4, 0.5) is 0 Å². The lowest BCUT2D eigenvalue weighted by atomic mass is 10.1. The maximum atomic E-state index is 12.4. The summed E-state index contributed by atoms with van der Waals surface area (Å²) in [5.41, 5.74) is 5.71. The third-order valence-corrected chi connectivity index (χ3v) is 4.66. The van der Waals surface area contributed by atoms with Gasteiger partial charge in [0.2, 0.25) is 5.91 Å². The summed E-state index contributed by atoms with van der Waals surface area (Å²) in [7, 11) is 0. The van der Waals surface area contributed by atoms with E-state index in [1.807, 2.05) is 25.7 Å². The quantitative estimate of drug-likeness (QED) is 0.559. The summed E-state index contributed by atoms with van der Waals surface area (Å²) in [6.45, 7) is 9.30. The highest BCUT2D eigenvalue weighted by Gasteiger charge is 2.36. The van der Waals surface area contributed by atoms with Gasteiger partial charge in [0.1, 0.15) is 5.75 Å². The summed E-state index contributed by atoms with van der Waals surface area (Å²) in [6, 6.07) is 4.96. The molecular formula is C21H32ClN3O5. The lowest BCUT2D eigenvalue weighted by Gasteiger charge is -2.32. The molecule has 0 spiro atoms. The van der Waals surface area contributed by atoms with E-state index in [0.717, 1.165) is 13.3 Å². The molecule has 1 aromatic carbocycles. The predicted molar refractivity (Wildman–Crippen MR) is 116 cm³/mol. The number of nitrogens with zero attached hydrogens (tertiary/aromatic N) is 1. The Morgan fingerprint density at radius 1 is 1.37 bits per heavy atom. The average molecular weight is 442 g/mol. The fourth-order valence-corrected chi connectivity index (χ4v) is 3.17. The fourth-order valence-electron chi connectivity index (χ4n) is 2.93. The highest BCUT2D eigenvalue weighted by Crippen LogP contribution is 2.27. The van der Waals surface area contributed by atoms with Gasteiger partial charge in [-0.3, -0.25) is 14.4 Å². The Hall–Kier alpha value is -2.32. The second-order valence-electron chi connectivity index (χ2n) is 8.11. The number of carbonyl (C=O) groups is 3. The van der Waals surface area contributed by atoms with Crippen molar-refractivity contribution in [2.45, 2.75) is 46.1 Å². The third kappa shape index (κ3) is 8.59. The van der Waals surface area contributed by atoms with Gasteiger partial charge in [0.25, 0.3) is 11.9 Å². The molecule has 1 fully saturated rings. The SMILES string of the molecule is CC(=O)O.CC(C)(C)N1CC(CNC(=O)c2ccc(OCCCN)c(Cl)c2)CC1=O. The van der Waals surface area contributed by atoms with Crippen LogP contribution in [0.1, 0.15) is 50.9 Å². The van der Waals surface area contributed by atoms with Crippen LogP contribution < -0.4 is 15.8 Å². The van der Waals surface area contributed by atoms with Gasteiger partial charge in [-0.25, -0.2) is 0 Å². The number of likely N-dealkylation sites (tertiary alicyclic amines) is 1. The normalized spacial score (nSPS) is 16.0. The average Bonchev–Trinajstić information content (AvgIpc) is 3.02. The minimum absolute atomic E-state index is 0.125. The highest BCUT2D eigenvalue weighted by atomic mass is 35.5. The predicted octanol–water partition coefficient (Wildman–Crippen LogP) is 2.54. The van der Waals surface area contributed by atoms with Gasteiger partial charge >= 0.3 is 0 Å². The molecule has 0 aliphatic carbocycles. The molecule has 2 amide bonds. The number of carbonyl (C=O) groups excluding carboxylic acids is 2. The molecule has 30 heavy (non-hydrogen) atoms. The minimum atomic E-state index is -0.833. The monoisotopic (exact) mass is 441 g/mol. The number of halogens is 1. The van der Waals surface area contributed by atoms with E-state index in [1.54, 1.807) is 18.2 Å². The number of hydrogen-bond acceptors (Lipinski definition) is 5. The van der Waals surface area contributed by atoms with Crippen LogP contribution in [0.15, 0.2) is 18.2 Å². The van der Waals surface area contributed by atoms with Crippen molar-refractivity contribution in [2.24, 2.45) is 11.7 Å². The van der Waals surface area contributed by atoms with E-state index in [4.69, 9.17) is 32.0 Å². The molecule has 1 aliphatic rings. The molecule has 0 radical (unpaired) electrons. The zero-order valence-corrected chi connectivity index (χ0v) is 18.8. The summed E-state index contributed by atoms with van der Waals surface area (Å²) in [6.07, 6.45) is 1.20. The largest absolute Gasteiger partial charge is 0.492 e. The van der Waals surface area contributed by atoms with E-state index in [2.05, 4.69) is 5.32 Å². The molecule has 1 unspecified atom stereocenters. The van der Waals surface area contributed by atoms with Crippen molar-refractivity contribution in [2.75, 3.05) is 26.2 Å². The van der Waals surface area contributed by atoms with Gasteiger partial charge in [0, 0.05) is 43.5 Å². The smallest absolute Gasteiger partial charge is 0.300 e. The number of amides is 2. The maximum Gasteiger partial charge on any atom is 0.300 e. The van der Waals surface area contributed by atoms with E-state index in [9.17, 15) is 9.59 Å². The molecule has 0 bridgehead atoms. The van der Waals surface area contributed by atoms with Crippen LogP contribution in [0.5, 0.6) is 5.75 Å². The lowest BCUT2D eigenvalue weighted by Crippen LogP contribution is -2.42. The fraction of sp³-hybridized carbons (Fsp3) is 0.571. The molecule has 1 atom stereocenters. The molecule has 168 valence electrons. The van der Waals surface area contributed by atoms with E-state index >= 15 is 0 Å². The zero-order chi connectivity index (χ0) is 22.9. The molecule has 2 rings (SSSR count). The molecule has 1 saturated heterocycles. The number of nitrogens with one attached hydrogen (secondary N) is 1. The topological polar surface area (TPSA) is 122 Å². The molecular weight excluding hydrogens is 410 g/mol. The third-order valence-electron chi connectivity index (χ3n) is 4.37. The molecule has 8 nitrogen and oxygen atoms in total.